The Balaban J connectivity index is 1.83. The van der Waals surface area contributed by atoms with Crippen molar-refractivity contribution in [1.29, 1.82) is 0 Å². The number of halogens is 1. The van der Waals surface area contributed by atoms with Crippen LogP contribution in [0.15, 0.2) is 40.6 Å². The Morgan fingerprint density at radius 2 is 1.87 bits per heavy atom. The summed E-state index contributed by atoms with van der Waals surface area (Å²) in [5.74, 6) is 0.335. The van der Waals surface area contributed by atoms with Gasteiger partial charge in [-0.1, -0.05) is 58.7 Å². The van der Waals surface area contributed by atoms with Crippen LogP contribution in [0.4, 0.5) is 4.39 Å². The van der Waals surface area contributed by atoms with Crippen LogP contribution in [0, 0.1) is 28.5 Å². The molecular formula is C25H36FN3O. The summed E-state index contributed by atoms with van der Waals surface area (Å²) in [5, 5.41) is 11.5. The number of rotatable bonds is 6. The maximum Gasteiger partial charge on any atom is 0.226 e. The van der Waals surface area contributed by atoms with Crippen molar-refractivity contribution in [3.8, 4) is 0 Å². The molecule has 164 valence electrons. The number of carbonyl (C=O) groups is 1. The van der Waals surface area contributed by atoms with E-state index in [-0.39, 0.29) is 23.1 Å². The molecule has 3 rings (SSSR count). The third kappa shape index (κ3) is 4.21. The molecule has 2 saturated carbocycles. The first kappa shape index (κ1) is 22.6. The third-order valence-electron chi connectivity index (χ3n) is 7.91. The number of allylic oxidation sites excluding steroid dienone is 1. The molecule has 3 atom stereocenters. The smallest absolute Gasteiger partial charge is 0.226 e. The fraction of sp³-hybridized carbons (Fsp3) is 0.640. The Hall–Kier alpha value is -2.04. The van der Waals surface area contributed by atoms with Crippen LogP contribution < -0.4 is 5.32 Å². The van der Waals surface area contributed by atoms with E-state index in [1.165, 1.54) is 18.9 Å². The molecule has 0 saturated heterocycles. The molecule has 0 aromatic heterocycles. The van der Waals surface area contributed by atoms with Crippen LogP contribution in [0.2, 0.25) is 0 Å². The van der Waals surface area contributed by atoms with Crippen LogP contribution in [-0.2, 0) is 4.79 Å². The monoisotopic (exact) mass is 413 g/mol. The molecule has 0 bridgehead atoms. The first-order chi connectivity index (χ1) is 14.2. The van der Waals surface area contributed by atoms with E-state index in [1.54, 1.807) is 19.2 Å². The average molecular weight is 414 g/mol. The zero-order valence-corrected chi connectivity index (χ0v) is 19.0. The van der Waals surface area contributed by atoms with Crippen molar-refractivity contribution in [2.45, 2.75) is 72.3 Å². The summed E-state index contributed by atoms with van der Waals surface area (Å²) in [6, 6.07) is 7.01. The van der Waals surface area contributed by atoms with E-state index in [2.05, 4.69) is 43.2 Å². The minimum atomic E-state index is -0.410. The predicted octanol–water partition coefficient (Wildman–Crippen LogP) is 6.39. The molecule has 0 radical (unpaired) electrons. The average Bonchev–Trinajstić information content (AvgIpc) is 3.28. The van der Waals surface area contributed by atoms with Gasteiger partial charge in [0.05, 0.1) is 11.1 Å². The van der Waals surface area contributed by atoms with E-state index in [4.69, 9.17) is 0 Å². The lowest BCUT2D eigenvalue weighted by Gasteiger charge is -2.42. The minimum absolute atomic E-state index is 0.140. The maximum atomic E-state index is 14.4. The second-order valence-corrected chi connectivity index (χ2v) is 9.84. The summed E-state index contributed by atoms with van der Waals surface area (Å²) in [6.07, 6.45) is 8.47. The second kappa shape index (κ2) is 8.99. The van der Waals surface area contributed by atoms with E-state index < -0.39 is 5.41 Å². The zero-order valence-electron chi connectivity index (χ0n) is 19.0. The number of hydrogen-bond donors (Lipinski definition) is 1. The van der Waals surface area contributed by atoms with E-state index in [0.717, 1.165) is 25.7 Å². The van der Waals surface area contributed by atoms with Crippen LogP contribution in [0.5, 0.6) is 0 Å². The first-order valence-corrected chi connectivity index (χ1v) is 11.3. The highest BCUT2D eigenvalue weighted by atomic mass is 19.1. The van der Waals surface area contributed by atoms with Crippen molar-refractivity contribution in [2.24, 2.45) is 32.9 Å². The van der Waals surface area contributed by atoms with Crippen molar-refractivity contribution in [3.63, 3.8) is 0 Å². The van der Waals surface area contributed by atoms with Crippen LogP contribution >= 0.6 is 0 Å². The van der Waals surface area contributed by atoms with Crippen molar-refractivity contribution < 1.29 is 9.18 Å². The molecule has 2 aliphatic carbocycles. The molecule has 0 heterocycles. The van der Waals surface area contributed by atoms with Gasteiger partial charge in [0.1, 0.15) is 5.82 Å². The maximum absolute atomic E-state index is 14.4. The van der Waals surface area contributed by atoms with Crippen LogP contribution in [-0.4, -0.2) is 19.0 Å². The molecule has 1 aromatic rings. The summed E-state index contributed by atoms with van der Waals surface area (Å²) in [7, 11) is 1.60. The topological polar surface area (TPSA) is 53.8 Å². The largest absolute Gasteiger partial charge is 0.353 e. The summed E-state index contributed by atoms with van der Waals surface area (Å²) in [4.78, 5) is 13.3. The molecule has 0 spiro atoms. The van der Waals surface area contributed by atoms with Gasteiger partial charge in [-0.3, -0.25) is 4.79 Å². The second-order valence-electron chi connectivity index (χ2n) is 9.84. The van der Waals surface area contributed by atoms with E-state index in [9.17, 15) is 9.18 Å². The normalized spacial score (nSPS) is 28.2. The van der Waals surface area contributed by atoms with Crippen molar-refractivity contribution in [2.75, 3.05) is 7.05 Å². The fourth-order valence-electron chi connectivity index (χ4n) is 5.60. The van der Waals surface area contributed by atoms with E-state index >= 15 is 0 Å². The fourth-order valence-corrected chi connectivity index (χ4v) is 5.60. The summed E-state index contributed by atoms with van der Waals surface area (Å²) >= 11 is 0. The Kier molecular flexibility index (Phi) is 6.78. The molecule has 1 aromatic carbocycles. The molecule has 2 aliphatic rings. The third-order valence-corrected chi connectivity index (χ3v) is 7.91. The molecule has 5 heteroatoms. The van der Waals surface area contributed by atoms with Gasteiger partial charge in [0, 0.05) is 18.7 Å². The van der Waals surface area contributed by atoms with Gasteiger partial charge in [0.15, 0.2) is 0 Å². The number of amides is 1. The number of nitrogens with zero attached hydrogens (tertiary/aromatic N) is 2. The number of carbonyl (C=O) groups excluding carboxylic acids is 1. The van der Waals surface area contributed by atoms with E-state index in [0.29, 0.717) is 23.2 Å². The highest BCUT2D eigenvalue weighted by Gasteiger charge is 2.56. The van der Waals surface area contributed by atoms with Gasteiger partial charge in [-0.2, -0.15) is 10.2 Å². The van der Waals surface area contributed by atoms with E-state index in [1.807, 2.05) is 12.1 Å². The molecule has 2 fully saturated rings. The van der Waals surface area contributed by atoms with Gasteiger partial charge >= 0.3 is 0 Å². The minimum Gasteiger partial charge on any atom is -0.353 e. The number of benzene rings is 1. The van der Waals surface area contributed by atoms with Crippen molar-refractivity contribution in [1.82, 2.24) is 5.32 Å². The lowest BCUT2D eigenvalue weighted by molar-refractivity contribution is -0.137. The Bertz CT molecular complexity index is 825. The first-order valence-electron chi connectivity index (χ1n) is 11.3. The highest BCUT2D eigenvalue weighted by molar-refractivity contribution is 5.84. The molecule has 30 heavy (non-hydrogen) atoms. The molecule has 0 aliphatic heterocycles. The number of azo groups is 1. The number of hydrogen-bond acceptors (Lipinski definition) is 3. The van der Waals surface area contributed by atoms with Crippen LogP contribution in [0.25, 0.3) is 5.70 Å². The Labute approximate surface area is 180 Å². The highest BCUT2D eigenvalue weighted by Crippen LogP contribution is 2.58. The molecular weight excluding hydrogens is 377 g/mol. The van der Waals surface area contributed by atoms with Gasteiger partial charge in [0.2, 0.25) is 5.91 Å². The molecule has 2 unspecified atom stereocenters. The quantitative estimate of drug-likeness (QED) is 0.540. The Morgan fingerprint density at radius 1 is 1.20 bits per heavy atom. The zero-order chi connectivity index (χ0) is 21.9. The van der Waals surface area contributed by atoms with Crippen molar-refractivity contribution >= 4 is 11.6 Å². The molecule has 1 N–H and O–H groups in total. The number of nitrogens with one attached hydrogen (secondary N) is 1. The summed E-state index contributed by atoms with van der Waals surface area (Å²) in [5.41, 5.74) is 0.428. The van der Waals surface area contributed by atoms with Gasteiger partial charge in [-0.25, -0.2) is 4.39 Å². The lowest BCUT2D eigenvalue weighted by atomic mass is 9.62. The van der Waals surface area contributed by atoms with Crippen LogP contribution in [0.1, 0.15) is 71.8 Å². The van der Waals surface area contributed by atoms with Gasteiger partial charge in [-0.05, 0) is 55.1 Å². The van der Waals surface area contributed by atoms with Gasteiger partial charge in [-0.15, -0.1) is 0 Å². The standard InChI is InChI=1S/C25H36FN3O/c1-17(16-22(29-27-5)19-12-8-9-13-21(19)26)20-14-15-25(4,24(20,2)3)23(30)28-18-10-6-7-11-18/h8-9,12-13,16-18,20H,6-7,10-11,14-15H2,1-5H3,(H,28,30)/b22-16-,29-27?/t17?,20-,25?/m0/s1. The predicted molar refractivity (Wildman–Crippen MR) is 119 cm³/mol. The van der Waals surface area contributed by atoms with Crippen molar-refractivity contribution in [3.05, 3.63) is 41.7 Å². The SMILES string of the molecule is CN=N/C(=C\C(C)[C@@H]1CCC(C)(C(=O)NC2CCCC2)C1(C)C)c1ccccc1F. The van der Waals surface area contributed by atoms with Gasteiger partial charge in [0.25, 0.3) is 0 Å². The summed E-state index contributed by atoms with van der Waals surface area (Å²) in [6.45, 7) is 8.71. The summed E-state index contributed by atoms with van der Waals surface area (Å²) < 4.78 is 14.4. The molecule has 4 nitrogen and oxygen atoms in total. The lowest BCUT2D eigenvalue weighted by Crippen LogP contribution is -2.50. The van der Waals surface area contributed by atoms with Crippen LogP contribution in [0.3, 0.4) is 0 Å². The Morgan fingerprint density at radius 3 is 2.50 bits per heavy atom. The molecule has 1 amide bonds. The van der Waals surface area contributed by atoms with Gasteiger partial charge < -0.3 is 5.32 Å².